The predicted molar refractivity (Wildman–Crippen MR) is 52.5 cm³/mol. The SMILES string of the molecule is [C-]#[N+]c1ccc(OC)c(OC)c1[N+](=O)[O-]. The van der Waals surface area contributed by atoms with Gasteiger partial charge < -0.3 is 9.47 Å². The van der Waals surface area contributed by atoms with Gasteiger partial charge in [0.05, 0.1) is 25.7 Å². The van der Waals surface area contributed by atoms with E-state index in [1.165, 1.54) is 26.4 Å². The van der Waals surface area contributed by atoms with E-state index in [1.807, 2.05) is 0 Å². The fraction of sp³-hybridized carbons (Fsp3) is 0.222. The standard InChI is InChI=1S/C9H8N2O4/c1-10-6-4-5-7(14-2)9(15-3)8(6)11(12)13/h4-5H,2-3H3. The largest absolute Gasteiger partial charge is 0.493 e. The normalized spacial score (nSPS) is 9.13. The van der Waals surface area contributed by atoms with Gasteiger partial charge in [0.15, 0.2) is 5.75 Å². The molecule has 0 aliphatic carbocycles. The first-order valence-electron chi connectivity index (χ1n) is 3.92. The van der Waals surface area contributed by atoms with Crippen molar-refractivity contribution in [2.24, 2.45) is 0 Å². The molecule has 0 amide bonds. The van der Waals surface area contributed by atoms with Crippen LogP contribution in [0.5, 0.6) is 11.5 Å². The highest BCUT2D eigenvalue weighted by Crippen LogP contribution is 2.43. The lowest BCUT2D eigenvalue weighted by atomic mass is 10.2. The molecule has 0 spiro atoms. The topological polar surface area (TPSA) is 66.0 Å². The van der Waals surface area contributed by atoms with Crippen LogP contribution in [0.2, 0.25) is 0 Å². The lowest BCUT2D eigenvalue weighted by molar-refractivity contribution is -0.384. The molecule has 0 bridgehead atoms. The maximum absolute atomic E-state index is 10.8. The highest BCUT2D eigenvalue weighted by molar-refractivity contribution is 5.73. The van der Waals surface area contributed by atoms with Crippen molar-refractivity contribution in [3.05, 3.63) is 33.7 Å². The maximum Gasteiger partial charge on any atom is 0.324 e. The van der Waals surface area contributed by atoms with Crippen molar-refractivity contribution < 1.29 is 14.4 Å². The quantitative estimate of drug-likeness (QED) is 0.433. The van der Waals surface area contributed by atoms with E-state index in [1.54, 1.807) is 0 Å². The monoisotopic (exact) mass is 208 g/mol. The van der Waals surface area contributed by atoms with Crippen LogP contribution in [-0.2, 0) is 0 Å². The van der Waals surface area contributed by atoms with Gasteiger partial charge in [0.2, 0.25) is 5.75 Å². The summed E-state index contributed by atoms with van der Waals surface area (Å²) in [5.74, 6) is 0.201. The van der Waals surface area contributed by atoms with Gasteiger partial charge in [-0.15, -0.1) is 0 Å². The maximum atomic E-state index is 10.8. The summed E-state index contributed by atoms with van der Waals surface area (Å²) in [6, 6.07) is 2.78. The fourth-order valence-corrected chi connectivity index (χ4v) is 1.17. The van der Waals surface area contributed by atoms with Crippen LogP contribution in [0.25, 0.3) is 4.85 Å². The van der Waals surface area contributed by atoms with Crippen LogP contribution in [0, 0.1) is 16.7 Å². The molecule has 6 heteroatoms. The number of benzene rings is 1. The molecule has 0 radical (unpaired) electrons. The molecule has 1 rings (SSSR count). The molecule has 6 nitrogen and oxygen atoms in total. The van der Waals surface area contributed by atoms with E-state index in [0.29, 0.717) is 0 Å². The molecule has 0 saturated carbocycles. The molecule has 78 valence electrons. The second kappa shape index (κ2) is 4.28. The Kier molecular flexibility index (Phi) is 3.08. The van der Waals surface area contributed by atoms with Crippen LogP contribution in [0.1, 0.15) is 0 Å². The second-order valence-electron chi connectivity index (χ2n) is 2.54. The third-order valence-electron chi connectivity index (χ3n) is 1.80. The summed E-state index contributed by atoms with van der Waals surface area (Å²) in [5, 5.41) is 10.8. The van der Waals surface area contributed by atoms with Gasteiger partial charge in [-0.2, -0.15) is 0 Å². The third-order valence-corrected chi connectivity index (χ3v) is 1.80. The molecule has 0 fully saturated rings. The number of hydrogen-bond acceptors (Lipinski definition) is 4. The van der Waals surface area contributed by atoms with Gasteiger partial charge in [-0.25, -0.2) is 4.85 Å². The number of ether oxygens (including phenoxy) is 2. The van der Waals surface area contributed by atoms with E-state index in [-0.39, 0.29) is 22.9 Å². The number of nitro groups is 1. The number of methoxy groups -OCH3 is 2. The van der Waals surface area contributed by atoms with Crippen LogP contribution >= 0.6 is 0 Å². The van der Waals surface area contributed by atoms with Crippen molar-refractivity contribution in [3.63, 3.8) is 0 Å². The summed E-state index contributed by atoms with van der Waals surface area (Å²) in [4.78, 5) is 13.1. The van der Waals surface area contributed by atoms with Crippen molar-refractivity contribution in [1.29, 1.82) is 0 Å². The van der Waals surface area contributed by atoms with Crippen molar-refractivity contribution in [1.82, 2.24) is 0 Å². The molecule has 1 aromatic carbocycles. The molecule has 15 heavy (non-hydrogen) atoms. The molecule has 0 atom stereocenters. The number of nitrogens with zero attached hydrogens (tertiary/aromatic N) is 2. The zero-order valence-electron chi connectivity index (χ0n) is 8.18. The molecule has 1 aromatic rings. The Morgan fingerprint density at radius 1 is 1.40 bits per heavy atom. The lowest BCUT2D eigenvalue weighted by Gasteiger charge is -2.08. The number of nitro benzene ring substituents is 1. The van der Waals surface area contributed by atoms with Gasteiger partial charge in [0, 0.05) is 0 Å². The Morgan fingerprint density at radius 3 is 2.47 bits per heavy atom. The molecule has 0 aliphatic rings. The third kappa shape index (κ3) is 1.81. The Balaban J connectivity index is 3.53. The Labute approximate surface area is 86.0 Å². The minimum Gasteiger partial charge on any atom is -0.493 e. The van der Waals surface area contributed by atoms with E-state index >= 15 is 0 Å². The molecule has 0 aliphatic heterocycles. The van der Waals surface area contributed by atoms with Gasteiger partial charge in [-0.1, -0.05) is 0 Å². The summed E-state index contributed by atoms with van der Waals surface area (Å²) in [7, 11) is 2.66. The van der Waals surface area contributed by atoms with Crippen molar-refractivity contribution in [2.45, 2.75) is 0 Å². The van der Waals surface area contributed by atoms with Gasteiger partial charge in [0.25, 0.3) is 5.69 Å². The first kappa shape index (κ1) is 10.8. The second-order valence-corrected chi connectivity index (χ2v) is 2.54. The Hall–Kier alpha value is -2.29. The van der Waals surface area contributed by atoms with Gasteiger partial charge in [-0.05, 0) is 12.1 Å². The van der Waals surface area contributed by atoms with E-state index in [0.717, 1.165) is 0 Å². The Bertz CT molecular complexity index is 436. The molecule has 0 unspecified atom stereocenters. The summed E-state index contributed by atoms with van der Waals surface area (Å²) in [5.41, 5.74) is -0.440. The molecular weight excluding hydrogens is 200 g/mol. The molecule has 0 N–H and O–H groups in total. The molecule has 0 saturated heterocycles. The zero-order chi connectivity index (χ0) is 11.4. The highest BCUT2D eigenvalue weighted by Gasteiger charge is 2.24. The minimum absolute atomic E-state index is 0.0315. The van der Waals surface area contributed by atoms with Crippen LogP contribution in [0.3, 0.4) is 0 Å². The van der Waals surface area contributed by atoms with Crippen LogP contribution in [0.15, 0.2) is 12.1 Å². The molecule has 0 heterocycles. The number of rotatable bonds is 3. The average molecular weight is 208 g/mol. The van der Waals surface area contributed by atoms with Crippen molar-refractivity contribution >= 4 is 11.4 Å². The first-order chi connectivity index (χ1) is 7.15. The van der Waals surface area contributed by atoms with E-state index in [4.69, 9.17) is 16.0 Å². The van der Waals surface area contributed by atoms with Gasteiger partial charge in [-0.3, -0.25) is 10.1 Å². The summed E-state index contributed by atoms with van der Waals surface area (Å²) < 4.78 is 9.76. The van der Waals surface area contributed by atoms with E-state index in [2.05, 4.69) is 4.85 Å². The van der Waals surface area contributed by atoms with Crippen LogP contribution in [0.4, 0.5) is 11.4 Å². The van der Waals surface area contributed by atoms with Crippen LogP contribution < -0.4 is 9.47 Å². The zero-order valence-corrected chi connectivity index (χ0v) is 8.18. The van der Waals surface area contributed by atoms with Gasteiger partial charge in [0.1, 0.15) is 0 Å². The van der Waals surface area contributed by atoms with E-state index < -0.39 is 4.92 Å². The van der Waals surface area contributed by atoms with Crippen LogP contribution in [-0.4, -0.2) is 19.1 Å². The molecule has 0 aromatic heterocycles. The number of hydrogen-bond donors (Lipinski definition) is 0. The fourth-order valence-electron chi connectivity index (χ4n) is 1.17. The summed E-state index contributed by atoms with van der Waals surface area (Å²) in [6.45, 7) is 6.80. The van der Waals surface area contributed by atoms with Gasteiger partial charge >= 0.3 is 5.69 Å². The average Bonchev–Trinajstić information content (AvgIpc) is 2.26. The van der Waals surface area contributed by atoms with E-state index in [9.17, 15) is 10.1 Å². The first-order valence-corrected chi connectivity index (χ1v) is 3.92. The molecular formula is C9H8N2O4. The van der Waals surface area contributed by atoms with Crippen molar-refractivity contribution in [2.75, 3.05) is 14.2 Å². The highest BCUT2D eigenvalue weighted by atomic mass is 16.6. The summed E-state index contributed by atoms with van der Waals surface area (Å²) >= 11 is 0. The summed E-state index contributed by atoms with van der Waals surface area (Å²) in [6.07, 6.45) is 0. The predicted octanol–water partition coefficient (Wildman–Crippen LogP) is 2.16. The Morgan fingerprint density at radius 2 is 2.07 bits per heavy atom. The van der Waals surface area contributed by atoms with Crippen molar-refractivity contribution in [3.8, 4) is 11.5 Å². The lowest BCUT2D eigenvalue weighted by Crippen LogP contribution is -1.96. The smallest absolute Gasteiger partial charge is 0.324 e. The minimum atomic E-state index is -0.658.